The normalized spacial score (nSPS) is 15.5. The van der Waals surface area contributed by atoms with E-state index in [0.717, 1.165) is 67.5 Å². The highest BCUT2D eigenvalue weighted by atomic mass is 16.5. The summed E-state index contributed by atoms with van der Waals surface area (Å²) < 4.78 is 7.12. The van der Waals surface area contributed by atoms with E-state index in [-0.39, 0.29) is 5.41 Å². The highest BCUT2D eigenvalue weighted by molar-refractivity contribution is 5.95. The van der Waals surface area contributed by atoms with Gasteiger partial charge in [-0.15, -0.1) is 0 Å². The quantitative estimate of drug-likeness (QED) is 0.177. The second kappa shape index (κ2) is 14.1. The molecule has 1 spiro atoms. The molecule has 1 aliphatic heterocycles. The SMILES string of the molecule is CC1(C)c2ccccc2-c2cc3c(cc21)Oc1ccccc1C31c2ccccc2-c2ccccc2-c2ccc(-c3cc(-c4ccccc4)nc(-c4ccc(-c5cccnc5)nc4)n3)cc21. The predicted octanol–water partition coefficient (Wildman–Crippen LogP) is 14.4. The Morgan fingerprint density at radius 3 is 1.74 bits per heavy atom. The highest BCUT2D eigenvalue weighted by Crippen LogP contribution is 2.63. The van der Waals surface area contributed by atoms with Crippen LogP contribution in [-0.2, 0) is 10.8 Å². The molecule has 10 aromatic rings. The highest BCUT2D eigenvalue weighted by Gasteiger charge is 2.51. The number of hydrogen-bond donors (Lipinski definition) is 0. The summed E-state index contributed by atoms with van der Waals surface area (Å²) in [6.07, 6.45) is 5.47. The number of ether oxygens (including phenoxy) is 1. The molecule has 13 rings (SSSR count). The van der Waals surface area contributed by atoms with Crippen LogP contribution in [0.15, 0.2) is 207 Å². The Morgan fingerprint density at radius 2 is 1.00 bits per heavy atom. The van der Waals surface area contributed by atoms with Crippen LogP contribution in [0.1, 0.15) is 47.2 Å². The van der Waals surface area contributed by atoms with Crippen molar-refractivity contribution in [3.8, 4) is 90.0 Å². The Balaban J connectivity index is 1.11. The summed E-state index contributed by atoms with van der Waals surface area (Å²) in [6, 6.07) is 67.6. The van der Waals surface area contributed by atoms with E-state index < -0.39 is 5.41 Å². The van der Waals surface area contributed by atoms with Gasteiger partial charge in [0.1, 0.15) is 11.5 Å². The molecule has 0 N–H and O–H groups in total. The zero-order valence-electron chi connectivity index (χ0n) is 35.8. The first-order valence-electron chi connectivity index (χ1n) is 22.2. The third-order valence-electron chi connectivity index (χ3n) is 13.9. The fourth-order valence-electron chi connectivity index (χ4n) is 10.9. The molecule has 2 aliphatic carbocycles. The van der Waals surface area contributed by atoms with Crippen molar-refractivity contribution in [2.24, 2.45) is 0 Å². The molecular formula is C60H40N4O. The van der Waals surface area contributed by atoms with Crippen LogP contribution in [0.25, 0.3) is 78.5 Å². The van der Waals surface area contributed by atoms with Gasteiger partial charge in [-0.1, -0.05) is 147 Å². The minimum atomic E-state index is -0.800. The van der Waals surface area contributed by atoms with Crippen LogP contribution < -0.4 is 4.74 Å². The van der Waals surface area contributed by atoms with Gasteiger partial charge in [0.2, 0.25) is 0 Å². The Labute approximate surface area is 377 Å². The van der Waals surface area contributed by atoms with E-state index in [0.29, 0.717) is 5.82 Å². The molecule has 0 radical (unpaired) electrons. The molecule has 1 atom stereocenters. The lowest BCUT2D eigenvalue weighted by Crippen LogP contribution is -2.35. The van der Waals surface area contributed by atoms with Gasteiger partial charge in [0.25, 0.3) is 0 Å². The minimum absolute atomic E-state index is 0.201. The largest absolute Gasteiger partial charge is 0.457 e. The van der Waals surface area contributed by atoms with Crippen LogP contribution in [-0.4, -0.2) is 19.9 Å². The van der Waals surface area contributed by atoms with E-state index in [1.807, 2.05) is 36.7 Å². The van der Waals surface area contributed by atoms with Gasteiger partial charge in [0, 0.05) is 57.4 Å². The van der Waals surface area contributed by atoms with Crippen LogP contribution in [0.4, 0.5) is 0 Å². The number of nitrogens with zero attached hydrogens (tertiary/aromatic N) is 4. The van der Waals surface area contributed by atoms with Crippen molar-refractivity contribution in [1.82, 2.24) is 19.9 Å². The molecule has 0 saturated carbocycles. The lowest BCUT2D eigenvalue weighted by molar-refractivity contribution is 0.433. The molecule has 306 valence electrons. The minimum Gasteiger partial charge on any atom is -0.457 e. The number of para-hydroxylation sites is 1. The maximum absolute atomic E-state index is 7.12. The maximum atomic E-state index is 7.12. The van der Waals surface area contributed by atoms with E-state index in [2.05, 4.69) is 183 Å². The van der Waals surface area contributed by atoms with Gasteiger partial charge in [0.15, 0.2) is 5.82 Å². The summed E-state index contributed by atoms with van der Waals surface area (Å²) in [4.78, 5) is 19.7. The molecular weight excluding hydrogens is 793 g/mol. The van der Waals surface area contributed by atoms with Crippen molar-refractivity contribution in [3.63, 3.8) is 0 Å². The molecule has 5 heteroatoms. The van der Waals surface area contributed by atoms with Crippen LogP contribution in [0.3, 0.4) is 0 Å². The van der Waals surface area contributed by atoms with Crippen molar-refractivity contribution in [2.45, 2.75) is 24.7 Å². The second-order valence-electron chi connectivity index (χ2n) is 17.8. The summed E-state index contributed by atoms with van der Waals surface area (Å²) in [5.74, 6) is 2.33. The van der Waals surface area contributed by atoms with Crippen LogP contribution in [0.2, 0.25) is 0 Å². The summed E-state index contributed by atoms with van der Waals surface area (Å²) in [7, 11) is 0. The van der Waals surface area contributed by atoms with E-state index in [4.69, 9.17) is 19.7 Å². The average molecular weight is 833 g/mol. The molecule has 0 fully saturated rings. The average Bonchev–Trinajstić information content (AvgIpc) is 3.53. The Kier molecular flexibility index (Phi) is 8.10. The number of aromatic nitrogens is 4. The first kappa shape index (κ1) is 37.3. The zero-order valence-corrected chi connectivity index (χ0v) is 35.8. The van der Waals surface area contributed by atoms with Gasteiger partial charge < -0.3 is 4.74 Å². The summed E-state index contributed by atoms with van der Waals surface area (Å²) >= 11 is 0. The number of pyridine rings is 2. The van der Waals surface area contributed by atoms with Crippen molar-refractivity contribution in [2.75, 3.05) is 0 Å². The van der Waals surface area contributed by atoms with E-state index >= 15 is 0 Å². The van der Waals surface area contributed by atoms with E-state index in [1.165, 1.54) is 50.1 Å². The first-order chi connectivity index (χ1) is 32.0. The molecule has 4 heterocycles. The molecule has 0 amide bonds. The predicted molar refractivity (Wildman–Crippen MR) is 260 cm³/mol. The molecule has 3 aromatic heterocycles. The molecule has 65 heavy (non-hydrogen) atoms. The Bertz CT molecular complexity index is 3540. The van der Waals surface area contributed by atoms with Crippen LogP contribution in [0.5, 0.6) is 11.5 Å². The lowest BCUT2D eigenvalue weighted by atomic mass is 9.61. The van der Waals surface area contributed by atoms with Crippen molar-refractivity contribution < 1.29 is 4.74 Å². The fourth-order valence-corrected chi connectivity index (χ4v) is 10.9. The number of fused-ring (bicyclic) bond motifs is 14. The van der Waals surface area contributed by atoms with Gasteiger partial charge in [-0.25, -0.2) is 9.97 Å². The standard InChI is InChI=1S/C60H40N4O/c1-59(2)47-22-10-8-21-44(47)46-32-52-57(33-50(46)59)65-56-25-13-12-24-49(56)60(52)48-23-11-9-20-43(48)41-18-6-7-19-42(41)45-28-26-38(31-51(45)60)55-34-54(37-15-4-3-5-16-37)63-58(64-55)40-27-29-53(62-36-40)39-17-14-30-61-35-39/h3-36H,1-2H3. The number of benzene rings is 7. The summed E-state index contributed by atoms with van der Waals surface area (Å²) in [5, 5.41) is 0. The monoisotopic (exact) mass is 832 g/mol. The van der Waals surface area contributed by atoms with Gasteiger partial charge in [-0.05, 0) is 110 Å². The molecule has 1 unspecified atom stereocenters. The summed E-state index contributed by atoms with van der Waals surface area (Å²) in [5.41, 5.74) is 19.7. The number of rotatable bonds is 4. The van der Waals surface area contributed by atoms with Gasteiger partial charge in [0.05, 0.1) is 22.5 Å². The molecule has 3 aliphatic rings. The van der Waals surface area contributed by atoms with Crippen molar-refractivity contribution >= 4 is 0 Å². The topological polar surface area (TPSA) is 60.8 Å². The molecule has 7 aromatic carbocycles. The van der Waals surface area contributed by atoms with E-state index in [1.54, 1.807) is 6.20 Å². The zero-order chi connectivity index (χ0) is 43.3. The van der Waals surface area contributed by atoms with Crippen molar-refractivity contribution in [3.05, 3.63) is 240 Å². The van der Waals surface area contributed by atoms with Gasteiger partial charge in [-0.2, -0.15) is 0 Å². The molecule has 0 saturated heterocycles. The third-order valence-corrected chi connectivity index (χ3v) is 13.9. The second-order valence-corrected chi connectivity index (χ2v) is 17.8. The molecule has 0 bridgehead atoms. The molecule has 5 nitrogen and oxygen atoms in total. The van der Waals surface area contributed by atoms with E-state index in [9.17, 15) is 0 Å². The van der Waals surface area contributed by atoms with Crippen LogP contribution >= 0.6 is 0 Å². The number of hydrogen-bond acceptors (Lipinski definition) is 5. The third kappa shape index (κ3) is 5.52. The first-order valence-corrected chi connectivity index (χ1v) is 22.2. The van der Waals surface area contributed by atoms with Crippen LogP contribution in [0, 0.1) is 0 Å². The fraction of sp³-hybridized carbons (Fsp3) is 0.0667. The maximum Gasteiger partial charge on any atom is 0.161 e. The van der Waals surface area contributed by atoms with Gasteiger partial charge >= 0.3 is 0 Å². The summed E-state index contributed by atoms with van der Waals surface area (Å²) in [6.45, 7) is 4.67. The smallest absolute Gasteiger partial charge is 0.161 e. The van der Waals surface area contributed by atoms with Crippen molar-refractivity contribution in [1.29, 1.82) is 0 Å². The van der Waals surface area contributed by atoms with Gasteiger partial charge in [-0.3, -0.25) is 9.97 Å². The Morgan fingerprint density at radius 1 is 0.369 bits per heavy atom. The lowest BCUT2D eigenvalue weighted by Gasteiger charge is -2.43. The Hall–Kier alpha value is -8.28.